The molecule has 0 bridgehead atoms. The third kappa shape index (κ3) is 1.58. The highest BCUT2D eigenvalue weighted by Crippen LogP contribution is 2.10. The van der Waals surface area contributed by atoms with Crippen LogP contribution in [0.2, 0.25) is 0 Å². The van der Waals surface area contributed by atoms with E-state index in [1.54, 1.807) is 0 Å². The molecule has 2 heterocycles. The van der Waals surface area contributed by atoms with Gasteiger partial charge in [-0.25, -0.2) is 4.98 Å². The number of hydrogen-bond acceptors (Lipinski definition) is 1. The second-order valence-electron chi connectivity index (χ2n) is 3.76. The maximum atomic E-state index is 4.25. The van der Waals surface area contributed by atoms with Crippen molar-refractivity contribution in [1.29, 1.82) is 0 Å². The third-order valence-electron chi connectivity index (χ3n) is 2.64. The quantitative estimate of drug-likeness (QED) is 0.631. The maximum Gasteiger partial charge on any atom is 0.137 e. The summed E-state index contributed by atoms with van der Waals surface area (Å²) in [6.07, 6.45) is 5.97. The van der Waals surface area contributed by atoms with Crippen LogP contribution in [0.15, 0.2) is 54.7 Å². The fourth-order valence-corrected chi connectivity index (χ4v) is 1.84. The molecular weight excluding hydrogens is 196 g/mol. The van der Waals surface area contributed by atoms with Crippen LogP contribution >= 0.6 is 0 Å². The molecule has 2 heteroatoms. The van der Waals surface area contributed by atoms with E-state index in [-0.39, 0.29) is 0 Å². The van der Waals surface area contributed by atoms with Gasteiger partial charge in [0, 0.05) is 12.6 Å². The van der Waals surface area contributed by atoms with Gasteiger partial charge in [-0.05, 0) is 17.7 Å². The molecule has 0 saturated heterocycles. The van der Waals surface area contributed by atoms with E-state index in [0.29, 0.717) is 0 Å². The van der Waals surface area contributed by atoms with Gasteiger partial charge in [-0.2, -0.15) is 0 Å². The summed E-state index contributed by atoms with van der Waals surface area (Å²) in [6.45, 7) is 0. The van der Waals surface area contributed by atoms with Crippen molar-refractivity contribution in [3.63, 3.8) is 0 Å². The van der Waals surface area contributed by atoms with Crippen molar-refractivity contribution in [3.8, 4) is 0 Å². The molecule has 0 spiro atoms. The summed E-state index contributed by atoms with van der Waals surface area (Å²) in [6, 6.07) is 16.4. The number of imidazole rings is 1. The fraction of sp³-hybridized carbons (Fsp3) is 0.0714. The molecule has 0 unspecified atom stereocenters. The summed E-state index contributed by atoms with van der Waals surface area (Å²) in [5.74, 6) is 0. The lowest BCUT2D eigenvalue weighted by molar-refractivity contribution is 1.02. The van der Waals surface area contributed by atoms with Crippen LogP contribution in [0.5, 0.6) is 0 Å². The van der Waals surface area contributed by atoms with E-state index in [4.69, 9.17) is 0 Å². The molecule has 1 aromatic carbocycles. The molecule has 3 aromatic rings. The lowest BCUT2D eigenvalue weighted by Crippen LogP contribution is -1.93. The second kappa shape index (κ2) is 3.81. The summed E-state index contributed by atoms with van der Waals surface area (Å²) in [7, 11) is 0. The van der Waals surface area contributed by atoms with Crippen molar-refractivity contribution in [2.75, 3.05) is 0 Å². The van der Waals surface area contributed by atoms with Gasteiger partial charge < -0.3 is 4.40 Å². The molecular formula is C14H11N2. The van der Waals surface area contributed by atoms with Gasteiger partial charge in [-0.3, -0.25) is 0 Å². The van der Waals surface area contributed by atoms with Crippen LogP contribution in [0.1, 0.15) is 11.3 Å². The van der Waals surface area contributed by atoms with Gasteiger partial charge in [0.05, 0.1) is 5.69 Å². The zero-order valence-electron chi connectivity index (χ0n) is 8.80. The first kappa shape index (κ1) is 9.16. The highest BCUT2D eigenvalue weighted by Gasteiger charge is 2.03. The Morgan fingerprint density at radius 2 is 1.81 bits per heavy atom. The Morgan fingerprint density at radius 1 is 1.00 bits per heavy atom. The number of nitrogens with zero attached hydrogens (tertiary/aromatic N) is 2. The number of pyridine rings is 1. The molecule has 0 aliphatic rings. The van der Waals surface area contributed by atoms with Gasteiger partial charge in [0.2, 0.25) is 0 Å². The van der Waals surface area contributed by atoms with Crippen molar-refractivity contribution >= 4 is 5.65 Å². The van der Waals surface area contributed by atoms with Crippen molar-refractivity contribution in [2.45, 2.75) is 6.42 Å². The molecule has 16 heavy (non-hydrogen) atoms. The predicted octanol–water partition coefficient (Wildman–Crippen LogP) is 2.73. The lowest BCUT2D eigenvalue weighted by atomic mass is 10.1. The van der Waals surface area contributed by atoms with Crippen molar-refractivity contribution in [1.82, 2.24) is 9.38 Å². The number of benzene rings is 1. The topological polar surface area (TPSA) is 17.3 Å². The minimum atomic E-state index is 0.867. The molecule has 2 aromatic heterocycles. The molecule has 0 atom stereocenters. The summed E-state index contributed by atoms with van der Waals surface area (Å²) >= 11 is 0. The zero-order chi connectivity index (χ0) is 10.8. The standard InChI is InChI=1S/C14H11N2/c1-2-6-12(7-3-1)10-13-11-15-14-8-4-5-9-16(13)14/h1-9H,10H2. The number of fused-ring (bicyclic) bond motifs is 1. The second-order valence-corrected chi connectivity index (χ2v) is 3.76. The third-order valence-corrected chi connectivity index (χ3v) is 2.64. The lowest BCUT2D eigenvalue weighted by Gasteiger charge is -2.01. The smallest absolute Gasteiger partial charge is 0.137 e. The summed E-state index contributed by atoms with van der Waals surface area (Å²) in [5, 5.41) is 0. The Balaban J connectivity index is 2.01. The average Bonchev–Trinajstić information content (AvgIpc) is 2.74. The van der Waals surface area contributed by atoms with Gasteiger partial charge >= 0.3 is 0 Å². The molecule has 0 N–H and O–H groups in total. The van der Waals surface area contributed by atoms with Crippen molar-refractivity contribution < 1.29 is 0 Å². The Kier molecular flexibility index (Phi) is 2.18. The van der Waals surface area contributed by atoms with E-state index >= 15 is 0 Å². The Morgan fingerprint density at radius 3 is 2.69 bits per heavy atom. The highest BCUT2D eigenvalue weighted by molar-refractivity contribution is 5.40. The number of rotatable bonds is 2. The zero-order valence-corrected chi connectivity index (χ0v) is 8.80. The minimum Gasteiger partial charge on any atom is -0.303 e. The molecule has 2 nitrogen and oxygen atoms in total. The van der Waals surface area contributed by atoms with Gasteiger partial charge in [0.15, 0.2) is 0 Å². The van der Waals surface area contributed by atoms with Gasteiger partial charge in [0.25, 0.3) is 0 Å². The highest BCUT2D eigenvalue weighted by atomic mass is 15.0. The molecule has 77 valence electrons. The number of aromatic nitrogens is 2. The van der Waals surface area contributed by atoms with Crippen LogP contribution in [0.4, 0.5) is 0 Å². The summed E-state index contributed by atoms with van der Waals surface area (Å²) in [5.41, 5.74) is 3.33. The molecule has 1 radical (unpaired) electrons. The fourth-order valence-electron chi connectivity index (χ4n) is 1.84. The Labute approximate surface area is 94.2 Å². The van der Waals surface area contributed by atoms with Crippen LogP contribution in [-0.2, 0) is 6.42 Å². The summed E-state index contributed by atoms with van der Waals surface area (Å²) < 4.78 is 2.08. The molecule has 3 rings (SSSR count). The van der Waals surface area contributed by atoms with Crippen LogP contribution in [-0.4, -0.2) is 9.38 Å². The van der Waals surface area contributed by atoms with Crippen LogP contribution in [0, 0.1) is 6.20 Å². The van der Waals surface area contributed by atoms with Gasteiger partial charge in [-0.15, -0.1) is 0 Å². The molecule has 0 saturated carbocycles. The SMILES string of the molecule is [c]1nc2ccccn2c1Cc1ccccc1. The van der Waals surface area contributed by atoms with E-state index in [9.17, 15) is 0 Å². The molecule has 0 fully saturated rings. The van der Waals surface area contributed by atoms with Crippen LogP contribution in [0.25, 0.3) is 5.65 Å². The van der Waals surface area contributed by atoms with E-state index in [0.717, 1.165) is 17.8 Å². The Bertz CT molecular complexity index is 596. The molecule has 0 aliphatic heterocycles. The minimum absolute atomic E-state index is 0.867. The van der Waals surface area contributed by atoms with Crippen molar-refractivity contribution in [3.05, 3.63) is 72.2 Å². The first-order valence-electron chi connectivity index (χ1n) is 5.31. The average molecular weight is 207 g/mol. The Hall–Kier alpha value is -2.09. The van der Waals surface area contributed by atoms with Crippen LogP contribution in [0.3, 0.4) is 0 Å². The monoisotopic (exact) mass is 207 g/mol. The predicted molar refractivity (Wildman–Crippen MR) is 63.3 cm³/mol. The normalized spacial score (nSPS) is 10.8. The van der Waals surface area contributed by atoms with Gasteiger partial charge in [-0.1, -0.05) is 36.4 Å². The van der Waals surface area contributed by atoms with Gasteiger partial charge in [0.1, 0.15) is 11.8 Å². The molecule has 0 aliphatic carbocycles. The van der Waals surface area contributed by atoms with Crippen LogP contribution < -0.4 is 0 Å². The van der Waals surface area contributed by atoms with E-state index in [1.807, 2.05) is 30.5 Å². The van der Waals surface area contributed by atoms with E-state index < -0.39 is 0 Å². The largest absolute Gasteiger partial charge is 0.303 e. The van der Waals surface area contributed by atoms with E-state index in [1.165, 1.54) is 5.56 Å². The number of hydrogen-bond donors (Lipinski definition) is 0. The first-order chi connectivity index (χ1) is 7.93. The van der Waals surface area contributed by atoms with E-state index in [2.05, 4.69) is 39.8 Å². The maximum absolute atomic E-state index is 4.25. The summed E-state index contributed by atoms with van der Waals surface area (Å²) in [4.78, 5) is 4.25. The van der Waals surface area contributed by atoms with Crippen molar-refractivity contribution in [2.24, 2.45) is 0 Å². The first-order valence-corrected chi connectivity index (χ1v) is 5.31. The molecule has 0 amide bonds.